The second-order valence-electron chi connectivity index (χ2n) is 3.19. The summed E-state index contributed by atoms with van der Waals surface area (Å²) in [4.78, 5) is 10.9. The summed E-state index contributed by atoms with van der Waals surface area (Å²) in [6.07, 6.45) is 0. The lowest BCUT2D eigenvalue weighted by molar-refractivity contribution is -0.119. The predicted octanol–water partition coefficient (Wildman–Crippen LogP) is 0.926. The van der Waals surface area contributed by atoms with Gasteiger partial charge in [0.25, 0.3) is 0 Å². The molecule has 1 saturated heterocycles. The van der Waals surface area contributed by atoms with Crippen LogP contribution in [0, 0.1) is 0 Å². The van der Waals surface area contributed by atoms with Gasteiger partial charge in [-0.25, -0.2) is 0 Å². The summed E-state index contributed by atoms with van der Waals surface area (Å²) < 4.78 is 0.221. The van der Waals surface area contributed by atoms with Crippen molar-refractivity contribution in [1.82, 2.24) is 5.32 Å². The van der Waals surface area contributed by atoms with Crippen molar-refractivity contribution in [2.24, 2.45) is 0 Å². The minimum atomic E-state index is 0.0340. The van der Waals surface area contributed by atoms with Gasteiger partial charge in [0, 0.05) is 10.5 Å². The summed E-state index contributed by atoms with van der Waals surface area (Å²) >= 11 is 5.77. The second kappa shape index (κ2) is 3.27. The van der Waals surface area contributed by atoms with Crippen LogP contribution >= 0.6 is 24.4 Å². The highest BCUT2D eigenvalue weighted by Crippen LogP contribution is 2.39. The van der Waals surface area contributed by atoms with E-state index < -0.39 is 0 Å². The van der Waals surface area contributed by atoms with Crippen LogP contribution in [0.25, 0.3) is 0 Å². The number of hydrogen-bond acceptors (Lipinski definition) is 3. The average molecular weight is 191 g/mol. The molecule has 1 aliphatic heterocycles. The van der Waals surface area contributed by atoms with E-state index in [2.05, 4.69) is 31.8 Å². The number of hydrogen-bond donors (Lipinski definition) is 2. The molecular formula is C7H13NOS2. The van der Waals surface area contributed by atoms with Gasteiger partial charge in [0.15, 0.2) is 0 Å². The van der Waals surface area contributed by atoms with Crippen molar-refractivity contribution in [2.45, 2.75) is 24.6 Å². The van der Waals surface area contributed by atoms with E-state index in [-0.39, 0.29) is 16.4 Å². The van der Waals surface area contributed by atoms with Crippen LogP contribution in [0.3, 0.4) is 0 Å². The molecule has 2 nitrogen and oxygen atoms in total. The third kappa shape index (κ3) is 2.06. The first-order valence-corrected chi connectivity index (χ1v) is 5.22. The van der Waals surface area contributed by atoms with Crippen LogP contribution in [0.4, 0.5) is 0 Å². The van der Waals surface area contributed by atoms with Gasteiger partial charge in [0.05, 0.1) is 11.8 Å². The van der Waals surface area contributed by atoms with Crippen molar-refractivity contribution >= 4 is 30.3 Å². The summed E-state index contributed by atoms with van der Waals surface area (Å²) in [6, 6.07) is 0.340. The Morgan fingerprint density at radius 2 is 2.45 bits per heavy atom. The van der Waals surface area contributed by atoms with Crippen molar-refractivity contribution in [2.75, 3.05) is 11.5 Å². The largest absolute Gasteiger partial charge is 0.350 e. The number of amides is 1. The SMILES string of the molecule is CC1(C)SCC1NC(=O)CS. The Bertz CT molecular complexity index is 170. The van der Waals surface area contributed by atoms with Crippen LogP contribution in [0.2, 0.25) is 0 Å². The van der Waals surface area contributed by atoms with E-state index in [4.69, 9.17) is 0 Å². The lowest BCUT2D eigenvalue weighted by atomic mass is 10.0. The Balaban J connectivity index is 2.34. The summed E-state index contributed by atoms with van der Waals surface area (Å²) in [6.45, 7) is 4.29. The van der Waals surface area contributed by atoms with Gasteiger partial charge in [-0.1, -0.05) is 0 Å². The standard InChI is InChI=1S/C7H13NOS2/c1-7(2)5(4-11-7)8-6(9)3-10/h5,10H,3-4H2,1-2H3,(H,8,9). The van der Waals surface area contributed by atoms with E-state index >= 15 is 0 Å². The minimum absolute atomic E-state index is 0.0340. The van der Waals surface area contributed by atoms with Gasteiger partial charge in [-0.2, -0.15) is 24.4 Å². The number of carbonyl (C=O) groups is 1. The smallest absolute Gasteiger partial charge is 0.230 e. The molecule has 11 heavy (non-hydrogen) atoms. The second-order valence-corrected chi connectivity index (χ2v) is 5.18. The molecule has 1 N–H and O–H groups in total. The number of thiol groups is 1. The highest BCUT2D eigenvalue weighted by molar-refractivity contribution is 8.02. The molecule has 64 valence electrons. The fourth-order valence-electron chi connectivity index (χ4n) is 0.955. The fraction of sp³-hybridized carbons (Fsp3) is 0.857. The van der Waals surface area contributed by atoms with Crippen molar-refractivity contribution in [3.05, 3.63) is 0 Å². The average Bonchev–Trinajstić information content (AvgIpc) is 1.98. The Hall–Kier alpha value is 0.170. The number of nitrogens with one attached hydrogen (secondary N) is 1. The van der Waals surface area contributed by atoms with Gasteiger partial charge in [-0.3, -0.25) is 4.79 Å². The van der Waals surface area contributed by atoms with Crippen LogP contribution in [-0.4, -0.2) is 28.2 Å². The van der Waals surface area contributed by atoms with Crippen molar-refractivity contribution in [3.8, 4) is 0 Å². The molecule has 0 aromatic rings. The van der Waals surface area contributed by atoms with Crippen LogP contribution in [0.1, 0.15) is 13.8 Å². The molecule has 1 atom stereocenters. The molecule has 1 fully saturated rings. The van der Waals surface area contributed by atoms with E-state index in [1.54, 1.807) is 0 Å². The predicted molar refractivity (Wildman–Crippen MR) is 52.3 cm³/mol. The Morgan fingerprint density at radius 3 is 2.73 bits per heavy atom. The lowest BCUT2D eigenvalue weighted by Gasteiger charge is -2.43. The molecular weight excluding hydrogens is 178 g/mol. The van der Waals surface area contributed by atoms with Gasteiger partial charge >= 0.3 is 0 Å². The Morgan fingerprint density at radius 1 is 1.82 bits per heavy atom. The minimum Gasteiger partial charge on any atom is -0.350 e. The molecule has 0 aliphatic carbocycles. The first kappa shape index (κ1) is 9.26. The Kier molecular flexibility index (Phi) is 2.75. The van der Waals surface area contributed by atoms with Crippen molar-refractivity contribution in [3.63, 3.8) is 0 Å². The monoisotopic (exact) mass is 191 g/mol. The Labute approximate surface area is 76.9 Å². The van der Waals surface area contributed by atoms with Crippen molar-refractivity contribution < 1.29 is 4.79 Å². The lowest BCUT2D eigenvalue weighted by Crippen LogP contribution is -2.56. The number of carbonyl (C=O) groups excluding carboxylic acids is 1. The first-order valence-electron chi connectivity index (χ1n) is 3.60. The molecule has 0 bridgehead atoms. The highest BCUT2D eigenvalue weighted by Gasteiger charge is 2.39. The third-order valence-corrected chi connectivity index (χ3v) is 3.76. The normalized spacial score (nSPS) is 27.4. The molecule has 0 radical (unpaired) electrons. The van der Waals surface area contributed by atoms with Crippen LogP contribution < -0.4 is 5.32 Å². The molecule has 1 amide bonds. The third-order valence-electron chi connectivity index (χ3n) is 1.94. The van der Waals surface area contributed by atoms with E-state index in [9.17, 15) is 4.79 Å². The van der Waals surface area contributed by atoms with Gasteiger partial charge in [0.2, 0.25) is 5.91 Å². The van der Waals surface area contributed by atoms with E-state index in [0.717, 1.165) is 5.75 Å². The summed E-state index contributed by atoms with van der Waals surface area (Å²) in [7, 11) is 0. The highest BCUT2D eigenvalue weighted by atomic mass is 32.2. The first-order chi connectivity index (χ1) is 5.06. The summed E-state index contributed by atoms with van der Waals surface area (Å²) in [5, 5.41) is 2.92. The summed E-state index contributed by atoms with van der Waals surface area (Å²) in [5.41, 5.74) is 0. The van der Waals surface area contributed by atoms with Crippen molar-refractivity contribution in [1.29, 1.82) is 0 Å². The quantitative estimate of drug-likeness (QED) is 0.636. The fourth-order valence-corrected chi connectivity index (χ4v) is 2.19. The van der Waals surface area contributed by atoms with Gasteiger partial charge in [-0.15, -0.1) is 0 Å². The molecule has 4 heteroatoms. The summed E-state index contributed by atoms with van der Waals surface area (Å²) in [5.74, 6) is 1.36. The molecule has 1 aliphatic rings. The number of thioether (sulfide) groups is 1. The maximum absolute atomic E-state index is 10.9. The topological polar surface area (TPSA) is 29.1 Å². The maximum Gasteiger partial charge on any atom is 0.230 e. The zero-order chi connectivity index (χ0) is 8.48. The van der Waals surface area contributed by atoms with Gasteiger partial charge < -0.3 is 5.32 Å². The molecule has 1 heterocycles. The molecule has 0 saturated carbocycles. The molecule has 0 aromatic carbocycles. The zero-order valence-corrected chi connectivity index (χ0v) is 8.47. The van der Waals surface area contributed by atoms with Gasteiger partial charge in [-0.05, 0) is 13.8 Å². The molecule has 0 spiro atoms. The van der Waals surface area contributed by atoms with E-state index in [1.165, 1.54) is 0 Å². The van der Waals surface area contributed by atoms with E-state index in [0.29, 0.717) is 6.04 Å². The van der Waals surface area contributed by atoms with E-state index in [1.807, 2.05) is 11.8 Å². The van der Waals surface area contributed by atoms with Crippen LogP contribution in [0.15, 0.2) is 0 Å². The van der Waals surface area contributed by atoms with Gasteiger partial charge in [0.1, 0.15) is 0 Å². The molecule has 0 aromatic heterocycles. The zero-order valence-electron chi connectivity index (χ0n) is 6.76. The van der Waals surface area contributed by atoms with Crippen LogP contribution in [0.5, 0.6) is 0 Å². The number of rotatable bonds is 2. The maximum atomic E-state index is 10.9. The molecule has 1 unspecified atom stereocenters. The molecule has 1 rings (SSSR count). The van der Waals surface area contributed by atoms with Crippen LogP contribution in [-0.2, 0) is 4.79 Å².